The molecule has 0 bridgehead atoms. The van der Waals surface area contributed by atoms with Crippen molar-refractivity contribution in [1.82, 2.24) is 10.3 Å². The molecule has 0 radical (unpaired) electrons. The maximum atomic E-state index is 12.4. The van der Waals surface area contributed by atoms with E-state index in [1.807, 2.05) is 48.5 Å². The molecule has 1 heterocycles. The number of nitrogens with one attached hydrogen (secondary N) is 2. The molecule has 0 saturated heterocycles. The van der Waals surface area contributed by atoms with Crippen molar-refractivity contribution in [2.75, 3.05) is 25.6 Å². The van der Waals surface area contributed by atoms with Crippen LogP contribution in [0.1, 0.15) is 29.0 Å². The van der Waals surface area contributed by atoms with Crippen molar-refractivity contribution in [2.45, 2.75) is 13.0 Å². The zero-order valence-electron chi connectivity index (χ0n) is 16.6. The average Bonchev–Trinajstić information content (AvgIpc) is 2.77. The number of pyridine rings is 1. The van der Waals surface area contributed by atoms with E-state index in [-0.39, 0.29) is 11.9 Å². The first-order valence-corrected chi connectivity index (χ1v) is 9.48. The first kappa shape index (κ1) is 20.2. The number of hydrogen-bond donors (Lipinski definition) is 2. The van der Waals surface area contributed by atoms with Gasteiger partial charge in [0.25, 0.3) is 5.91 Å². The molecule has 1 amide bonds. The minimum absolute atomic E-state index is 0.118. The summed E-state index contributed by atoms with van der Waals surface area (Å²) in [6.07, 6.45) is 1.63. The summed E-state index contributed by atoms with van der Waals surface area (Å²) in [6, 6.07) is 21.2. The second kappa shape index (κ2) is 10.1. The van der Waals surface area contributed by atoms with E-state index in [2.05, 4.69) is 34.7 Å². The van der Waals surface area contributed by atoms with Gasteiger partial charge in [0, 0.05) is 17.9 Å². The van der Waals surface area contributed by atoms with Crippen molar-refractivity contribution in [3.05, 3.63) is 84.2 Å². The highest BCUT2D eigenvalue weighted by Gasteiger charge is 2.10. The van der Waals surface area contributed by atoms with Crippen molar-refractivity contribution < 1.29 is 14.3 Å². The average molecular weight is 391 g/mol. The predicted molar refractivity (Wildman–Crippen MR) is 114 cm³/mol. The lowest BCUT2D eigenvalue weighted by Crippen LogP contribution is -2.28. The van der Waals surface area contributed by atoms with Crippen LogP contribution in [0.2, 0.25) is 0 Å². The lowest BCUT2D eigenvalue weighted by Gasteiger charge is -2.16. The molecular weight excluding hydrogens is 366 g/mol. The molecule has 29 heavy (non-hydrogen) atoms. The van der Waals surface area contributed by atoms with Gasteiger partial charge in [-0.05, 0) is 48.9 Å². The third kappa shape index (κ3) is 5.97. The number of ether oxygens (including phenoxy) is 2. The highest BCUT2D eigenvalue weighted by atomic mass is 16.5. The molecule has 3 aromatic rings. The lowest BCUT2D eigenvalue weighted by atomic mass is 10.1. The summed E-state index contributed by atoms with van der Waals surface area (Å²) in [5.74, 6) is 1.26. The Morgan fingerprint density at radius 3 is 2.48 bits per heavy atom. The molecule has 150 valence electrons. The number of nitrogens with zero attached hydrogens (tertiary/aromatic N) is 1. The summed E-state index contributed by atoms with van der Waals surface area (Å²) in [7, 11) is 1.62. The fourth-order valence-corrected chi connectivity index (χ4v) is 2.82. The Hall–Kier alpha value is -3.54. The maximum absolute atomic E-state index is 12.4. The zero-order chi connectivity index (χ0) is 20.5. The van der Waals surface area contributed by atoms with E-state index in [0.29, 0.717) is 18.8 Å². The van der Waals surface area contributed by atoms with Gasteiger partial charge in [-0.3, -0.25) is 9.78 Å². The molecule has 1 aromatic heterocycles. The van der Waals surface area contributed by atoms with E-state index in [1.54, 1.807) is 19.4 Å². The number of carbonyl (C=O) groups is 1. The van der Waals surface area contributed by atoms with E-state index >= 15 is 0 Å². The summed E-state index contributed by atoms with van der Waals surface area (Å²) in [5.41, 5.74) is 2.38. The molecule has 6 heteroatoms. The van der Waals surface area contributed by atoms with Gasteiger partial charge in [-0.2, -0.15) is 0 Å². The van der Waals surface area contributed by atoms with Crippen molar-refractivity contribution in [2.24, 2.45) is 0 Å². The van der Waals surface area contributed by atoms with Crippen LogP contribution in [0, 0.1) is 0 Å². The summed E-state index contributed by atoms with van der Waals surface area (Å²) in [4.78, 5) is 16.5. The molecule has 0 aliphatic carbocycles. The first-order chi connectivity index (χ1) is 14.2. The Kier molecular flexibility index (Phi) is 7.05. The second-order valence-electron chi connectivity index (χ2n) is 6.49. The minimum Gasteiger partial charge on any atom is -0.497 e. The monoisotopic (exact) mass is 391 g/mol. The number of methoxy groups -OCH3 is 1. The molecule has 0 aliphatic rings. The molecule has 2 aromatic carbocycles. The normalized spacial score (nSPS) is 11.4. The molecule has 2 N–H and O–H groups in total. The van der Waals surface area contributed by atoms with Crippen LogP contribution in [-0.4, -0.2) is 31.2 Å². The van der Waals surface area contributed by atoms with Gasteiger partial charge in [0.05, 0.1) is 13.7 Å². The number of amides is 1. The molecule has 6 nitrogen and oxygen atoms in total. The predicted octanol–water partition coefficient (Wildman–Crippen LogP) is 4.07. The van der Waals surface area contributed by atoms with Crippen LogP contribution in [0.15, 0.2) is 72.9 Å². The van der Waals surface area contributed by atoms with Gasteiger partial charge in [-0.1, -0.05) is 30.3 Å². The lowest BCUT2D eigenvalue weighted by molar-refractivity contribution is 0.0942. The molecule has 3 rings (SSSR count). The van der Waals surface area contributed by atoms with Crippen LogP contribution < -0.4 is 20.1 Å². The number of hydrogen-bond acceptors (Lipinski definition) is 5. The number of carbonyl (C=O) groups excluding carboxylic acids is 1. The van der Waals surface area contributed by atoms with Gasteiger partial charge >= 0.3 is 0 Å². The van der Waals surface area contributed by atoms with Crippen LogP contribution in [0.25, 0.3) is 0 Å². The Bertz CT molecular complexity index is 914. The Labute approximate surface area is 170 Å². The Morgan fingerprint density at radius 1 is 1.03 bits per heavy atom. The SMILES string of the molecule is COc1ccc(OCCNC(=O)c2cc(NC(C)c3ccccc3)ccn2)cc1. The minimum atomic E-state index is -0.237. The van der Waals surface area contributed by atoms with Crippen LogP contribution in [-0.2, 0) is 0 Å². The van der Waals surface area contributed by atoms with Crippen LogP contribution >= 0.6 is 0 Å². The summed E-state index contributed by atoms with van der Waals surface area (Å²) >= 11 is 0. The van der Waals surface area contributed by atoms with Gasteiger partial charge in [0.15, 0.2) is 0 Å². The van der Waals surface area contributed by atoms with Crippen molar-refractivity contribution in [3.8, 4) is 11.5 Å². The molecule has 1 unspecified atom stereocenters. The fourth-order valence-electron chi connectivity index (χ4n) is 2.82. The van der Waals surface area contributed by atoms with Gasteiger partial charge in [-0.25, -0.2) is 0 Å². The molecule has 0 aliphatic heterocycles. The van der Waals surface area contributed by atoms with E-state index < -0.39 is 0 Å². The quantitative estimate of drug-likeness (QED) is 0.538. The van der Waals surface area contributed by atoms with Gasteiger partial charge in [0.1, 0.15) is 23.8 Å². The topological polar surface area (TPSA) is 72.5 Å². The summed E-state index contributed by atoms with van der Waals surface area (Å²) in [5, 5.41) is 6.22. The highest BCUT2D eigenvalue weighted by Crippen LogP contribution is 2.19. The number of aromatic nitrogens is 1. The van der Waals surface area contributed by atoms with E-state index in [4.69, 9.17) is 9.47 Å². The third-order valence-corrected chi connectivity index (χ3v) is 4.39. The van der Waals surface area contributed by atoms with Gasteiger partial charge in [0.2, 0.25) is 0 Å². The van der Waals surface area contributed by atoms with Crippen molar-refractivity contribution in [3.63, 3.8) is 0 Å². The zero-order valence-corrected chi connectivity index (χ0v) is 16.6. The number of rotatable bonds is 9. The van der Waals surface area contributed by atoms with Crippen molar-refractivity contribution in [1.29, 1.82) is 0 Å². The number of benzene rings is 2. The summed E-state index contributed by atoms with van der Waals surface area (Å²) in [6.45, 7) is 2.82. The second-order valence-corrected chi connectivity index (χ2v) is 6.49. The van der Waals surface area contributed by atoms with Crippen LogP contribution in [0.3, 0.4) is 0 Å². The number of anilines is 1. The largest absolute Gasteiger partial charge is 0.497 e. The van der Waals surface area contributed by atoms with Crippen LogP contribution in [0.4, 0.5) is 5.69 Å². The summed E-state index contributed by atoms with van der Waals surface area (Å²) < 4.78 is 10.7. The molecule has 0 fully saturated rings. The van der Waals surface area contributed by atoms with E-state index in [0.717, 1.165) is 17.2 Å². The standard InChI is InChI=1S/C23H25N3O3/c1-17(18-6-4-3-5-7-18)26-19-12-13-24-22(16-19)23(27)25-14-15-29-21-10-8-20(28-2)9-11-21/h3-13,16-17H,14-15H2,1-2H3,(H,24,26)(H,25,27). The Balaban J connectivity index is 1.48. The van der Waals surface area contributed by atoms with Crippen molar-refractivity contribution >= 4 is 11.6 Å². The van der Waals surface area contributed by atoms with Gasteiger partial charge < -0.3 is 20.1 Å². The smallest absolute Gasteiger partial charge is 0.270 e. The van der Waals surface area contributed by atoms with E-state index in [9.17, 15) is 4.79 Å². The van der Waals surface area contributed by atoms with Gasteiger partial charge in [-0.15, -0.1) is 0 Å². The molecule has 0 spiro atoms. The third-order valence-electron chi connectivity index (χ3n) is 4.39. The van der Waals surface area contributed by atoms with E-state index in [1.165, 1.54) is 5.56 Å². The fraction of sp³-hybridized carbons (Fsp3) is 0.217. The highest BCUT2D eigenvalue weighted by molar-refractivity contribution is 5.93. The first-order valence-electron chi connectivity index (χ1n) is 9.48. The molecular formula is C23H25N3O3. The molecule has 0 saturated carbocycles. The molecule has 1 atom stereocenters. The Morgan fingerprint density at radius 2 is 1.76 bits per heavy atom. The maximum Gasteiger partial charge on any atom is 0.270 e. The van der Waals surface area contributed by atoms with Crippen LogP contribution in [0.5, 0.6) is 11.5 Å².